The van der Waals surface area contributed by atoms with E-state index in [0.717, 1.165) is 17.1 Å². The van der Waals surface area contributed by atoms with E-state index < -0.39 is 0 Å². The second kappa shape index (κ2) is 3.58. The Hall–Kier alpha value is -1.84. The summed E-state index contributed by atoms with van der Waals surface area (Å²) >= 11 is 0. The van der Waals surface area contributed by atoms with Crippen LogP contribution in [0.5, 0.6) is 0 Å². The van der Waals surface area contributed by atoms with E-state index in [1.807, 2.05) is 24.8 Å². The zero-order chi connectivity index (χ0) is 12.0. The van der Waals surface area contributed by atoms with E-state index in [1.165, 1.54) is 5.69 Å². The predicted molar refractivity (Wildman–Crippen MR) is 67.3 cm³/mol. The topological polar surface area (TPSA) is 42.7 Å². The molecule has 0 aliphatic carbocycles. The largest absolute Gasteiger partial charge is 0.373 e. The Morgan fingerprint density at radius 3 is 3.00 bits per heavy atom. The van der Waals surface area contributed by atoms with Gasteiger partial charge >= 0.3 is 0 Å². The van der Waals surface area contributed by atoms with E-state index in [0.29, 0.717) is 12.0 Å². The second-order valence-corrected chi connectivity index (χ2v) is 4.84. The van der Waals surface area contributed by atoms with Gasteiger partial charge in [0.1, 0.15) is 0 Å². The van der Waals surface area contributed by atoms with Crippen LogP contribution in [0.3, 0.4) is 0 Å². The molecule has 3 rings (SSSR count). The zero-order valence-electron chi connectivity index (χ0n) is 10.3. The molecule has 1 N–H and O–H groups in total. The number of imidazole rings is 1. The van der Waals surface area contributed by atoms with Crippen molar-refractivity contribution in [2.24, 2.45) is 5.92 Å². The Morgan fingerprint density at radius 1 is 1.41 bits per heavy atom. The fourth-order valence-electron chi connectivity index (χ4n) is 2.44. The Bertz CT molecular complexity index is 556. The van der Waals surface area contributed by atoms with Gasteiger partial charge in [-0.1, -0.05) is 13.8 Å². The molecule has 2 aromatic rings. The van der Waals surface area contributed by atoms with Crippen molar-refractivity contribution in [2.45, 2.75) is 26.8 Å². The van der Waals surface area contributed by atoms with Gasteiger partial charge in [-0.15, -0.1) is 0 Å². The normalized spacial score (nSPS) is 17.5. The number of anilines is 1. The first-order valence-corrected chi connectivity index (χ1v) is 5.93. The van der Waals surface area contributed by atoms with Crippen LogP contribution in [-0.2, 0) is 0 Å². The molecular formula is C13H16N4. The lowest BCUT2D eigenvalue weighted by molar-refractivity contribution is 0.517. The molecule has 0 amide bonds. The molecule has 4 nitrogen and oxygen atoms in total. The van der Waals surface area contributed by atoms with Gasteiger partial charge in [-0.25, -0.2) is 4.98 Å². The SMILES string of the molecule is Cc1ncn2c1C(C(C)C)Nc1cnccc1-2. The van der Waals surface area contributed by atoms with Crippen molar-refractivity contribution in [3.63, 3.8) is 0 Å². The molecule has 4 heteroatoms. The maximum absolute atomic E-state index is 4.43. The van der Waals surface area contributed by atoms with Gasteiger partial charge in [-0.05, 0) is 18.9 Å². The molecule has 0 radical (unpaired) electrons. The van der Waals surface area contributed by atoms with E-state index in [2.05, 4.69) is 40.6 Å². The maximum Gasteiger partial charge on any atom is 0.0998 e. The lowest BCUT2D eigenvalue weighted by Crippen LogP contribution is -2.25. The lowest BCUT2D eigenvalue weighted by atomic mass is 9.97. The second-order valence-electron chi connectivity index (χ2n) is 4.84. The Morgan fingerprint density at radius 2 is 2.24 bits per heavy atom. The molecular weight excluding hydrogens is 212 g/mol. The van der Waals surface area contributed by atoms with Crippen molar-refractivity contribution in [1.29, 1.82) is 0 Å². The number of hydrogen-bond acceptors (Lipinski definition) is 3. The van der Waals surface area contributed by atoms with Crippen LogP contribution in [0.2, 0.25) is 0 Å². The van der Waals surface area contributed by atoms with Gasteiger partial charge in [0.15, 0.2) is 0 Å². The number of rotatable bonds is 1. The molecule has 1 atom stereocenters. The van der Waals surface area contributed by atoms with Gasteiger partial charge in [-0.2, -0.15) is 0 Å². The van der Waals surface area contributed by atoms with Crippen molar-refractivity contribution >= 4 is 5.69 Å². The van der Waals surface area contributed by atoms with Crippen LogP contribution in [0.1, 0.15) is 31.3 Å². The van der Waals surface area contributed by atoms with Crippen LogP contribution in [-0.4, -0.2) is 14.5 Å². The molecule has 1 unspecified atom stereocenters. The third-order valence-corrected chi connectivity index (χ3v) is 3.33. The lowest BCUT2D eigenvalue weighted by Gasteiger charge is -2.31. The Kier molecular flexibility index (Phi) is 2.18. The van der Waals surface area contributed by atoms with Gasteiger partial charge in [0.25, 0.3) is 0 Å². The summed E-state index contributed by atoms with van der Waals surface area (Å²) in [6.07, 6.45) is 5.60. The highest BCUT2D eigenvalue weighted by Crippen LogP contribution is 2.37. The first kappa shape index (κ1) is 10.3. The Balaban J connectivity index is 2.24. The average molecular weight is 228 g/mol. The number of fused-ring (bicyclic) bond motifs is 3. The summed E-state index contributed by atoms with van der Waals surface area (Å²) in [6.45, 7) is 6.50. The van der Waals surface area contributed by atoms with E-state index >= 15 is 0 Å². The molecule has 0 aromatic carbocycles. The standard InChI is InChI=1S/C13H16N4/c1-8(2)12-13-9(3)15-7-17(13)11-4-5-14-6-10(11)16-12/h4-8,12,16H,1-3H3. The number of aryl methyl sites for hydroxylation is 1. The van der Waals surface area contributed by atoms with E-state index in [9.17, 15) is 0 Å². The summed E-state index contributed by atoms with van der Waals surface area (Å²) in [7, 11) is 0. The van der Waals surface area contributed by atoms with Crippen LogP contribution in [0.25, 0.3) is 5.69 Å². The van der Waals surface area contributed by atoms with E-state index in [1.54, 1.807) is 0 Å². The highest BCUT2D eigenvalue weighted by atomic mass is 15.2. The van der Waals surface area contributed by atoms with Gasteiger partial charge < -0.3 is 5.32 Å². The summed E-state index contributed by atoms with van der Waals surface area (Å²) in [5.74, 6) is 0.512. The van der Waals surface area contributed by atoms with Gasteiger partial charge in [0.05, 0.1) is 41.3 Å². The molecule has 0 saturated carbocycles. The van der Waals surface area contributed by atoms with Gasteiger partial charge in [-0.3, -0.25) is 9.55 Å². The minimum Gasteiger partial charge on any atom is -0.373 e. The van der Waals surface area contributed by atoms with Crippen molar-refractivity contribution in [1.82, 2.24) is 14.5 Å². The third-order valence-electron chi connectivity index (χ3n) is 3.33. The maximum atomic E-state index is 4.43. The molecule has 1 aliphatic heterocycles. The number of hydrogen-bond donors (Lipinski definition) is 1. The number of nitrogens with one attached hydrogen (secondary N) is 1. The number of pyridine rings is 1. The molecule has 0 spiro atoms. The molecule has 0 saturated heterocycles. The average Bonchev–Trinajstić information content (AvgIpc) is 2.71. The van der Waals surface area contributed by atoms with Crippen molar-refractivity contribution in [2.75, 3.05) is 5.32 Å². The highest BCUT2D eigenvalue weighted by molar-refractivity contribution is 5.64. The van der Waals surface area contributed by atoms with Crippen molar-refractivity contribution in [3.05, 3.63) is 36.2 Å². The summed E-state index contributed by atoms with van der Waals surface area (Å²) in [4.78, 5) is 8.61. The van der Waals surface area contributed by atoms with Crippen LogP contribution in [0, 0.1) is 12.8 Å². The first-order chi connectivity index (χ1) is 8.18. The fourth-order valence-corrected chi connectivity index (χ4v) is 2.44. The van der Waals surface area contributed by atoms with Crippen LogP contribution in [0.4, 0.5) is 5.69 Å². The zero-order valence-corrected chi connectivity index (χ0v) is 10.3. The van der Waals surface area contributed by atoms with Gasteiger partial charge in [0, 0.05) is 6.20 Å². The highest BCUT2D eigenvalue weighted by Gasteiger charge is 2.28. The van der Waals surface area contributed by atoms with Crippen LogP contribution < -0.4 is 5.32 Å². The minimum absolute atomic E-state index is 0.300. The molecule has 17 heavy (non-hydrogen) atoms. The number of nitrogens with zero attached hydrogens (tertiary/aromatic N) is 3. The summed E-state index contributed by atoms with van der Waals surface area (Å²) in [6, 6.07) is 2.32. The van der Waals surface area contributed by atoms with Crippen LogP contribution in [0.15, 0.2) is 24.8 Å². The predicted octanol–water partition coefficient (Wildman–Crippen LogP) is 2.70. The molecule has 88 valence electrons. The summed E-state index contributed by atoms with van der Waals surface area (Å²) in [5, 5.41) is 3.56. The van der Waals surface area contributed by atoms with Crippen molar-refractivity contribution in [3.8, 4) is 5.69 Å². The van der Waals surface area contributed by atoms with Crippen molar-refractivity contribution < 1.29 is 0 Å². The molecule has 3 heterocycles. The van der Waals surface area contributed by atoms with E-state index in [-0.39, 0.29) is 0 Å². The first-order valence-electron chi connectivity index (χ1n) is 5.93. The summed E-state index contributed by atoms with van der Waals surface area (Å²) in [5.41, 5.74) is 4.57. The Labute approximate surface area is 101 Å². The molecule has 1 aliphatic rings. The molecule has 0 fully saturated rings. The van der Waals surface area contributed by atoms with E-state index in [4.69, 9.17) is 0 Å². The third kappa shape index (κ3) is 1.44. The number of aromatic nitrogens is 3. The van der Waals surface area contributed by atoms with Crippen LogP contribution >= 0.6 is 0 Å². The minimum atomic E-state index is 0.300. The smallest absolute Gasteiger partial charge is 0.0998 e. The fraction of sp³-hybridized carbons (Fsp3) is 0.385. The van der Waals surface area contributed by atoms with Gasteiger partial charge in [0.2, 0.25) is 0 Å². The monoisotopic (exact) mass is 228 g/mol. The molecule has 2 aromatic heterocycles. The summed E-state index contributed by atoms with van der Waals surface area (Å²) < 4.78 is 2.17. The quantitative estimate of drug-likeness (QED) is 0.816. The molecule has 0 bridgehead atoms.